The van der Waals surface area contributed by atoms with Gasteiger partial charge in [-0.05, 0) is 43.2 Å². The fourth-order valence-electron chi connectivity index (χ4n) is 4.53. The monoisotopic (exact) mass is 666 g/mol. The predicted molar refractivity (Wildman–Crippen MR) is 166 cm³/mol. The van der Waals surface area contributed by atoms with Crippen molar-refractivity contribution in [1.29, 1.82) is 0 Å². The van der Waals surface area contributed by atoms with Gasteiger partial charge in [0.05, 0.1) is 0 Å². The maximum atomic E-state index is 10.6. The minimum Gasteiger partial charge on any atom is -0.517 e. The summed E-state index contributed by atoms with van der Waals surface area (Å²) in [6.07, 6.45) is 4.05. The molecule has 0 radical (unpaired) electrons. The van der Waals surface area contributed by atoms with E-state index >= 15 is 0 Å². The molecule has 1 fully saturated rings. The fraction of sp³-hybridized carbons (Fsp3) is 0.548. The number of nitro benzene ring substituents is 1. The van der Waals surface area contributed by atoms with Crippen molar-refractivity contribution in [3.63, 3.8) is 0 Å². The second-order valence-electron chi connectivity index (χ2n) is 11.3. The van der Waals surface area contributed by atoms with Crippen LogP contribution in [0.4, 0.5) is 11.4 Å². The number of ether oxygens (including phenoxy) is 1. The Morgan fingerprint density at radius 2 is 1.67 bits per heavy atom. The van der Waals surface area contributed by atoms with Gasteiger partial charge >= 0.3 is 105 Å². The van der Waals surface area contributed by atoms with Crippen LogP contribution in [0.1, 0.15) is 104 Å². The van der Waals surface area contributed by atoms with Gasteiger partial charge in [-0.3, -0.25) is 0 Å². The van der Waals surface area contributed by atoms with Gasteiger partial charge < -0.3 is 4.90 Å². The average Bonchev–Trinajstić information content (AvgIpc) is 2.87. The summed E-state index contributed by atoms with van der Waals surface area (Å²) in [5.41, 5.74) is 5.39. The van der Waals surface area contributed by atoms with Crippen molar-refractivity contribution in [2.75, 3.05) is 11.3 Å². The summed E-state index contributed by atoms with van der Waals surface area (Å²) >= 11 is 4.20. The van der Waals surface area contributed by atoms with Crippen molar-refractivity contribution >= 4 is 37.3 Å². The minimum absolute atomic E-state index is 0.0275. The molecule has 1 unspecified atom stereocenters. The van der Waals surface area contributed by atoms with Crippen molar-refractivity contribution in [2.45, 2.75) is 98.6 Å². The molecule has 0 aliphatic carbocycles. The van der Waals surface area contributed by atoms with Crippen LogP contribution in [0.5, 0.6) is 5.75 Å². The van der Waals surface area contributed by atoms with Crippen molar-refractivity contribution in [3.05, 3.63) is 69.7 Å². The first-order valence-electron chi connectivity index (χ1n) is 13.4. The van der Waals surface area contributed by atoms with Crippen molar-refractivity contribution < 1.29 is 25.3 Å². The summed E-state index contributed by atoms with van der Waals surface area (Å²) in [6, 6.07) is 11.4. The summed E-state index contributed by atoms with van der Waals surface area (Å²) in [6.45, 7) is 22.6. The summed E-state index contributed by atoms with van der Waals surface area (Å²) < 4.78 is 7.31. The number of alkyl halides is 1. The zero-order valence-electron chi connectivity index (χ0n) is 25.1. The Morgan fingerprint density at radius 3 is 2.13 bits per heavy atom. The molecule has 1 aliphatic rings. The van der Waals surface area contributed by atoms with E-state index in [0.717, 1.165) is 0 Å². The topological polar surface area (TPSA) is 55.6 Å². The van der Waals surface area contributed by atoms with Gasteiger partial charge in [0.25, 0.3) is 0 Å². The zero-order valence-corrected chi connectivity index (χ0v) is 28.3. The maximum Gasteiger partial charge on any atom is 0.0145 e. The van der Waals surface area contributed by atoms with Gasteiger partial charge in [0.15, 0.2) is 0 Å². The van der Waals surface area contributed by atoms with Crippen LogP contribution in [0.2, 0.25) is 0 Å². The molecule has 5 nitrogen and oxygen atoms in total. The van der Waals surface area contributed by atoms with Crippen LogP contribution in [0.15, 0.2) is 36.4 Å². The number of para-hydroxylation sites is 1. The predicted octanol–water partition coefficient (Wildman–Crippen LogP) is 9.73. The van der Waals surface area contributed by atoms with Crippen molar-refractivity contribution in [1.82, 2.24) is 0 Å². The second kappa shape index (κ2) is 16.7. The quantitative estimate of drug-likeness (QED) is 0.0971. The Kier molecular flexibility index (Phi) is 15.2. The molecule has 39 heavy (non-hydrogen) atoms. The summed E-state index contributed by atoms with van der Waals surface area (Å²) in [4.78, 5) is 12.8. The first kappa shape index (κ1) is 35.5. The molecule has 0 spiro atoms. The van der Waals surface area contributed by atoms with Crippen molar-refractivity contribution in [3.8, 4) is 5.75 Å². The van der Waals surface area contributed by atoms with E-state index < -0.39 is 20.6 Å². The maximum absolute atomic E-state index is 10.6. The van der Waals surface area contributed by atoms with Gasteiger partial charge in [-0.15, -0.1) is 11.6 Å². The van der Waals surface area contributed by atoms with Crippen LogP contribution in [0.3, 0.4) is 0 Å². The number of hydrogen-bond acceptors (Lipinski definition) is 4. The second-order valence-corrected chi connectivity index (χ2v) is 13.1. The standard InChI is InChI=1S/C20H32N.C10H11NO3.CH3Cl.ClH.Ru/c1-14(2)17-9-8-10-18(15(3)4)19(17)21-13-16(5)11-12-20(21,6)7;1-7(2)14-10-5-4-9(11(12)13)6-8(10)3;1-2;;/h8-10,13-16H,11-12H2,1-7H3;3-7H,1-2H3;1H3;1H;/q-1;;;;+1/p-1. The van der Waals surface area contributed by atoms with Crippen LogP contribution in [-0.4, -0.2) is 27.6 Å². The van der Waals surface area contributed by atoms with Crippen LogP contribution < -0.4 is 9.64 Å². The van der Waals surface area contributed by atoms with Crippen LogP contribution in [-0.2, 0) is 15.7 Å². The van der Waals surface area contributed by atoms with Gasteiger partial charge in [-0.25, -0.2) is 6.54 Å². The molecule has 1 saturated heterocycles. The number of hydrogen-bond donors (Lipinski definition) is 0. The van der Waals surface area contributed by atoms with Gasteiger partial charge in [0.1, 0.15) is 0 Å². The van der Waals surface area contributed by atoms with Crippen LogP contribution in [0, 0.1) is 22.6 Å². The van der Waals surface area contributed by atoms with E-state index in [9.17, 15) is 10.1 Å². The Hall–Kier alpha value is -1.49. The average molecular weight is 667 g/mol. The largest absolute Gasteiger partial charge is 0.517 e. The van der Waals surface area contributed by atoms with Gasteiger partial charge in [-0.1, -0.05) is 59.2 Å². The van der Waals surface area contributed by atoms with E-state index in [1.807, 2.05) is 13.8 Å². The smallest absolute Gasteiger partial charge is 0.0145 e. The number of nitro groups is 1. The molecule has 0 amide bonds. The SMILES string of the molecule is CC(C)Oc1ccc([N+](=O)[O-])cc1[CH]=[Ru][Cl].CC1[CH-]N(c2c(C(C)C)cccc2C(C)C)C(C)(C)CC1.CCl. The summed E-state index contributed by atoms with van der Waals surface area (Å²) in [7, 11) is 5.69. The number of nitrogens with zero attached hydrogens (tertiary/aromatic N) is 2. The minimum atomic E-state index is -0.440. The van der Waals surface area contributed by atoms with E-state index in [-0.39, 0.29) is 17.3 Å². The molecule has 0 aromatic heterocycles. The number of halogens is 2. The molecule has 221 valence electrons. The normalized spacial score (nSPS) is 16.8. The molecule has 1 heterocycles. The fourth-order valence-corrected chi connectivity index (χ4v) is 5.62. The molecule has 1 atom stereocenters. The number of non-ortho nitro benzene ring substituents is 1. The Labute approximate surface area is 252 Å². The van der Waals surface area contributed by atoms with E-state index in [1.165, 1.54) is 48.2 Å². The third-order valence-corrected chi connectivity index (χ3v) is 7.75. The number of benzene rings is 2. The van der Waals surface area contributed by atoms with Crippen LogP contribution in [0.25, 0.3) is 0 Å². The van der Waals surface area contributed by atoms with E-state index in [0.29, 0.717) is 29.1 Å². The molecule has 8 heteroatoms. The zero-order chi connectivity index (χ0) is 29.9. The third kappa shape index (κ3) is 10.5. The van der Waals surface area contributed by atoms with Gasteiger partial charge in [0.2, 0.25) is 0 Å². The first-order valence-corrected chi connectivity index (χ1v) is 17.4. The molecular formula is C31H46Cl2N2O3Ru-. The molecule has 0 N–H and O–H groups in total. The first-order chi connectivity index (χ1) is 18.3. The summed E-state index contributed by atoms with van der Waals surface area (Å²) in [5, 5.41) is 10.6. The van der Waals surface area contributed by atoms with Crippen LogP contribution >= 0.6 is 21.3 Å². The third-order valence-electron chi connectivity index (χ3n) is 6.57. The molecule has 1 aliphatic heterocycles. The Bertz CT molecular complexity index is 1060. The number of anilines is 1. The van der Waals surface area contributed by atoms with E-state index in [1.54, 1.807) is 10.7 Å². The van der Waals surface area contributed by atoms with Crippen molar-refractivity contribution in [2.24, 2.45) is 5.92 Å². The number of rotatable bonds is 7. The Morgan fingerprint density at radius 1 is 1.10 bits per heavy atom. The molecule has 2 aromatic rings. The van der Waals surface area contributed by atoms with E-state index in [4.69, 9.17) is 14.4 Å². The summed E-state index contributed by atoms with van der Waals surface area (Å²) in [5.74, 6) is 2.41. The number of piperidine rings is 1. The molecule has 2 aromatic carbocycles. The van der Waals surface area contributed by atoms with E-state index in [2.05, 4.69) is 89.7 Å². The Balaban J connectivity index is 0.000000379. The molecule has 0 saturated carbocycles. The van der Waals surface area contributed by atoms with Gasteiger partial charge in [0, 0.05) is 17.6 Å². The molecular weight excluding hydrogens is 620 g/mol. The van der Waals surface area contributed by atoms with Gasteiger partial charge in [-0.2, -0.15) is 5.92 Å². The molecule has 3 rings (SSSR count). The molecule has 0 bridgehead atoms.